The Morgan fingerprint density at radius 3 is 1.48 bits per heavy atom. The van der Waals surface area contributed by atoms with Crippen LogP contribution in [0, 0.1) is 5.92 Å². The molecule has 0 bridgehead atoms. The van der Waals surface area contributed by atoms with Gasteiger partial charge in [0.1, 0.15) is 23.8 Å². The van der Waals surface area contributed by atoms with Crippen molar-refractivity contribution in [1.82, 2.24) is 0 Å². The molecule has 0 spiro atoms. The minimum Gasteiger partial charge on any atom is -0.372 e. The number of hydrogen-bond donors (Lipinski definition) is 0. The Morgan fingerprint density at radius 1 is 0.533 bits per heavy atom. The van der Waals surface area contributed by atoms with Crippen LogP contribution in [0.25, 0.3) is 32.9 Å². The summed E-state index contributed by atoms with van der Waals surface area (Å²) in [4.78, 5) is 36.4. The van der Waals surface area contributed by atoms with E-state index in [-0.39, 0.29) is 23.3 Å². The van der Waals surface area contributed by atoms with E-state index in [0.717, 1.165) is 44.9 Å². The standard InChI is InChI=1S/C18H26NO2Si.C18H20NO2Si.C12H16NO2Si/c1-13-8-5-6-10-15(13)19-12-14-9-7-11-16(22(2,3)4)17(14)21-18(19)20;1-22(2,3)16-11-7-10-15-13-19(18(20)21-17(15)16)12-14-8-5-4-6-9-14;1-13-8-9-6-5-7-10(16(2,3)4)11(9)15-12(13)14/h7,9,11-13,15H,5-6,8,10H2,1-4H3;4-11,13H,12H2,1-3H3;5-8H,1-4H3/q3*+1. The molecule has 7 aromatic rings. The Labute approximate surface area is 356 Å². The fourth-order valence-corrected chi connectivity index (χ4v) is 12.5. The number of hydrogen-bond acceptors (Lipinski definition) is 6. The lowest BCUT2D eigenvalue weighted by Gasteiger charge is -2.23. The molecule has 1 fully saturated rings. The second kappa shape index (κ2) is 17.9. The Hall–Kier alpha value is -5.05. The van der Waals surface area contributed by atoms with Gasteiger partial charge in [-0.1, -0.05) is 139 Å². The van der Waals surface area contributed by atoms with Crippen molar-refractivity contribution in [2.24, 2.45) is 13.0 Å². The number of nitrogens with zero attached hydrogens (tertiary/aromatic N) is 3. The van der Waals surface area contributed by atoms with Crippen molar-refractivity contribution in [1.29, 1.82) is 0 Å². The smallest absolute Gasteiger partial charge is 0.372 e. The molecule has 60 heavy (non-hydrogen) atoms. The first-order valence-corrected chi connectivity index (χ1v) is 31.6. The van der Waals surface area contributed by atoms with Crippen LogP contribution in [0.5, 0.6) is 0 Å². The van der Waals surface area contributed by atoms with Crippen LogP contribution in [0.2, 0.25) is 58.9 Å². The van der Waals surface area contributed by atoms with Crippen LogP contribution in [0.1, 0.15) is 44.2 Å². The average molecular weight is 861 g/mol. The largest absolute Gasteiger partial charge is 0.602 e. The molecule has 4 aromatic carbocycles. The number of para-hydroxylation sites is 3. The van der Waals surface area contributed by atoms with Crippen LogP contribution in [0.15, 0.2) is 131 Å². The van der Waals surface area contributed by atoms with E-state index in [9.17, 15) is 14.4 Å². The zero-order valence-electron chi connectivity index (χ0n) is 37.3. The van der Waals surface area contributed by atoms with Gasteiger partial charge in [-0.15, -0.1) is 13.7 Å². The normalized spacial score (nSPS) is 15.9. The summed E-state index contributed by atoms with van der Waals surface area (Å²) >= 11 is 0. The van der Waals surface area contributed by atoms with E-state index >= 15 is 0 Å². The highest BCUT2D eigenvalue weighted by atomic mass is 28.3. The Balaban J connectivity index is 0.000000153. The molecule has 12 heteroatoms. The molecule has 8 rings (SSSR count). The molecule has 0 N–H and O–H groups in total. The van der Waals surface area contributed by atoms with Crippen molar-refractivity contribution < 1.29 is 27.0 Å². The Kier molecular flexibility index (Phi) is 13.3. The van der Waals surface area contributed by atoms with Crippen LogP contribution in [0.3, 0.4) is 0 Å². The summed E-state index contributed by atoms with van der Waals surface area (Å²) in [6.45, 7) is 23.1. The lowest BCUT2D eigenvalue weighted by molar-refractivity contribution is -0.753. The van der Waals surface area contributed by atoms with E-state index in [1.807, 2.05) is 77.8 Å². The lowest BCUT2D eigenvalue weighted by Crippen LogP contribution is -2.56. The maximum atomic E-state index is 12.6. The maximum absolute atomic E-state index is 12.6. The highest BCUT2D eigenvalue weighted by Crippen LogP contribution is 2.29. The van der Waals surface area contributed by atoms with Crippen LogP contribution < -0.4 is 46.5 Å². The van der Waals surface area contributed by atoms with Gasteiger partial charge in [-0.2, -0.15) is 14.4 Å². The van der Waals surface area contributed by atoms with Gasteiger partial charge in [-0.3, -0.25) is 0 Å². The van der Waals surface area contributed by atoms with E-state index in [4.69, 9.17) is 13.3 Å². The summed E-state index contributed by atoms with van der Waals surface area (Å²) in [6.07, 6.45) is 10.5. The van der Waals surface area contributed by atoms with Gasteiger partial charge in [0.2, 0.25) is 0 Å². The SMILES string of the molecule is CC1CCCCC1[n+]1cc2cccc([Si](C)(C)C)c2oc1=O.C[Si](C)(C)c1cccc2c[n+](Cc3ccccc3)c(=O)oc12.C[n+]1cc2cccc([Si](C)(C)C)c2oc1=O. The molecule has 0 saturated heterocycles. The second-order valence-electron chi connectivity index (χ2n) is 19.4. The molecular formula is C48H62N3O6Si3+3. The minimum atomic E-state index is -1.55. The molecule has 314 valence electrons. The monoisotopic (exact) mass is 860 g/mol. The van der Waals surface area contributed by atoms with Gasteiger partial charge in [0, 0.05) is 17.9 Å². The maximum Gasteiger partial charge on any atom is 0.602 e. The van der Waals surface area contributed by atoms with Gasteiger partial charge in [-0.25, -0.2) is 0 Å². The predicted molar refractivity (Wildman–Crippen MR) is 250 cm³/mol. The summed E-state index contributed by atoms with van der Waals surface area (Å²) in [5, 5.41) is 6.64. The van der Waals surface area contributed by atoms with E-state index < -0.39 is 24.2 Å². The summed E-state index contributed by atoms with van der Waals surface area (Å²) in [7, 11) is -2.87. The molecule has 2 atom stereocenters. The van der Waals surface area contributed by atoms with E-state index in [2.05, 4.69) is 96.2 Å². The van der Waals surface area contributed by atoms with E-state index in [1.54, 1.807) is 11.6 Å². The first kappa shape index (κ1) is 44.5. The van der Waals surface area contributed by atoms with Crippen molar-refractivity contribution in [3.63, 3.8) is 0 Å². The predicted octanol–water partition coefficient (Wildman–Crippen LogP) is 7.21. The number of aromatic nitrogens is 3. The van der Waals surface area contributed by atoms with Crippen molar-refractivity contribution in [3.8, 4) is 0 Å². The molecule has 1 saturated carbocycles. The van der Waals surface area contributed by atoms with E-state index in [1.165, 1.54) is 39.4 Å². The molecular weight excluding hydrogens is 799 g/mol. The molecule has 3 aromatic heterocycles. The topological polar surface area (TPSA) is 102 Å². The molecule has 1 aliphatic rings. The summed E-state index contributed by atoms with van der Waals surface area (Å²) in [5.41, 5.74) is 3.38. The number of fused-ring (bicyclic) bond motifs is 3. The van der Waals surface area contributed by atoms with Crippen LogP contribution in [-0.2, 0) is 13.6 Å². The van der Waals surface area contributed by atoms with E-state index in [0.29, 0.717) is 12.5 Å². The van der Waals surface area contributed by atoms with Crippen molar-refractivity contribution in [2.75, 3.05) is 0 Å². The zero-order valence-corrected chi connectivity index (χ0v) is 40.3. The molecule has 9 nitrogen and oxygen atoms in total. The Bertz CT molecular complexity index is 2810. The highest BCUT2D eigenvalue weighted by molar-refractivity contribution is 6.91. The lowest BCUT2D eigenvalue weighted by atomic mass is 9.86. The van der Waals surface area contributed by atoms with Crippen molar-refractivity contribution in [3.05, 3.63) is 141 Å². The van der Waals surface area contributed by atoms with Gasteiger partial charge in [0.25, 0.3) is 0 Å². The minimum absolute atomic E-state index is 0.197. The third kappa shape index (κ3) is 10.3. The Morgan fingerprint density at radius 2 is 0.983 bits per heavy atom. The molecule has 2 unspecified atom stereocenters. The zero-order chi connectivity index (χ0) is 43.6. The van der Waals surface area contributed by atoms with Crippen molar-refractivity contribution in [2.45, 2.75) is 104 Å². The summed E-state index contributed by atoms with van der Waals surface area (Å²) in [6, 6.07) is 28.7. The number of aryl methyl sites for hydroxylation is 1. The van der Waals surface area contributed by atoms with Gasteiger partial charge < -0.3 is 13.3 Å². The fourth-order valence-electron chi connectivity index (χ4n) is 8.04. The molecule has 3 heterocycles. The molecule has 1 aliphatic carbocycles. The van der Waals surface area contributed by atoms with Gasteiger partial charge in [-0.05, 0) is 46.6 Å². The first-order chi connectivity index (χ1) is 28.2. The number of benzene rings is 4. The molecule has 0 radical (unpaired) electrons. The fraction of sp³-hybridized carbons (Fsp3) is 0.375. The van der Waals surface area contributed by atoms with Crippen LogP contribution in [-0.4, -0.2) is 24.2 Å². The third-order valence-corrected chi connectivity index (χ3v) is 17.4. The highest BCUT2D eigenvalue weighted by Gasteiger charge is 2.33. The summed E-state index contributed by atoms with van der Waals surface area (Å²) in [5.74, 6) is -0.267. The number of rotatable bonds is 6. The van der Waals surface area contributed by atoms with Crippen molar-refractivity contribution >= 4 is 72.7 Å². The van der Waals surface area contributed by atoms with Crippen LogP contribution in [0.4, 0.5) is 0 Å². The quantitative estimate of drug-likeness (QED) is 0.130. The first-order valence-electron chi connectivity index (χ1n) is 21.1. The van der Waals surface area contributed by atoms with Gasteiger partial charge in [0.05, 0.1) is 40.4 Å². The van der Waals surface area contributed by atoms with Crippen LogP contribution >= 0.6 is 0 Å². The molecule has 0 amide bonds. The second-order valence-corrected chi connectivity index (χ2v) is 34.5. The third-order valence-electron chi connectivity index (χ3n) is 11.4. The summed E-state index contributed by atoms with van der Waals surface area (Å²) < 4.78 is 21.8. The van der Waals surface area contributed by atoms with Gasteiger partial charge >= 0.3 is 17.3 Å². The molecule has 0 aliphatic heterocycles. The average Bonchev–Trinajstić information content (AvgIpc) is 3.18. The van der Waals surface area contributed by atoms with Gasteiger partial charge in [0.15, 0.2) is 31.2 Å².